The van der Waals surface area contributed by atoms with Crippen LogP contribution in [-0.4, -0.2) is 47.3 Å². The summed E-state index contributed by atoms with van der Waals surface area (Å²) in [6.07, 6.45) is 5.03. The van der Waals surface area contributed by atoms with Gasteiger partial charge in [-0.2, -0.15) is 5.10 Å². The smallest absolute Gasteiger partial charge is 0.235 e. The Labute approximate surface area is 216 Å². The molecular weight excluding hydrogens is 460 g/mol. The number of aromatic amines is 1. The number of para-hydroxylation sites is 1. The van der Waals surface area contributed by atoms with Gasteiger partial charge >= 0.3 is 0 Å². The van der Waals surface area contributed by atoms with E-state index in [9.17, 15) is 4.79 Å². The standard InChI is InChI=1S/C31H30N4O2/c1-20(35-14-16-37-17-15-35)22-9-6-21(7-10-22)8-13-27-24-12-11-23(18-29(24)34-33-27)26-19-31(26)25-4-2-3-5-28(25)32-30(31)36/h2-13,18,20,26H,14-17,19H2,1H3,(H,32,36)(H,33,34)/b13-8+. The molecule has 1 saturated heterocycles. The van der Waals surface area contributed by atoms with Gasteiger partial charge in [-0.25, -0.2) is 0 Å². The largest absolute Gasteiger partial charge is 0.379 e. The molecule has 1 saturated carbocycles. The number of morpholine rings is 1. The quantitative estimate of drug-likeness (QED) is 0.387. The minimum Gasteiger partial charge on any atom is -0.379 e. The number of amides is 1. The molecule has 2 aliphatic heterocycles. The fraction of sp³-hybridized carbons (Fsp3) is 0.290. The number of nitrogens with zero attached hydrogens (tertiary/aromatic N) is 2. The van der Waals surface area contributed by atoms with E-state index in [1.807, 2.05) is 18.2 Å². The second-order valence-corrected chi connectivity index (χ2v) is 10.5. The predicted molar refractivity (Wildman–Crippen MR) is 146 cm³/mol. The Hall–Kier alpha value is -3.74. The Bertz CT molecular complexity index is 1520. The maximum Gasteiger partial charge on any atom is 0.235 e. The maximum atomic E-state index is 12.9. The highest BCUT2D eigenvalue weighted by atomic mass is 16.5. The molecule has 1 spiro atoms. The first-order chi connectivity index (χ1) is 18.1. The predicted octanol–water partition coefficient (Wildman–Crippen LogP) is 5.50. The zero-order valence-corrected chi connectivity index (χ0v) is 20.9. The Kier molecular flexibility index (Phi) is 5.27. The molecule has 0 bridgehead atoms. The SMILES string of the molecule is CC(c1ccc(/C=C/c2n[nH]c3cc(C4CC45C(=O)Nc4ccccc45)ccc23)cc1)N1CCOCC1. The highest BCUT2D eigenvalue weighted by Gasteiger charge is 2.65. The van der Waals surface area contributed by atoms with Crippen molar-refractivity contribution in [2.24, 2.45) is 0 Å². The van der Waals surface area contributed by atoms with E-state index in [-0.39, 0.29) is 11.8 Å². The van der Waals surface area contributed by atoms with Crippen LogP contribution in [0.2, 0.25) is 0 Å². The minimum atomic E-state index is -0.418. The van der Waals surface area contributed by atoms with Crippen LogP contribution in [0.3, 0.4) is 0 Å². The number of H-pyrrole nitrogens is 1. The summed E-state index contributed by atoms with van der Waals surface area (Å²) < 4.78 is 5.49. The molecule has 6 nitrogen and oxygen atoms in total. The Morgan fingerprint density at radius 1 is 1.05 bits per heavy atom. The molecule has 3 heterocycles. The molecule has 7 rings (SSSR count). The molecule has 0 radical (unpaired) electrons. The van der Waals surface area contributed by atoms with E-state index >= 15 is 0 Å². The number of hydrogen-bond donors (Lipinski definition) is 2. The summed E-state index contributed by atoms with van der Waals surface area (Å²) in [4.78, 5) is 15.3. The van der Waals surface area contributed by atoms with Crippen LogP contribution in [0.15, 0.2) is 66.7 Å². The average molecular weight is 491 g/mol. The molecule has 6 heteroatoms. The van der Waals surface area contributed by atoms with Gasteiger partial charge < -0.3 is 10.1 Å². The summed E-state index contributed by atoms with van der Waals surface area (Å²) >= 11 is 0. The van der Waals surface area contributed by atoms with E-state index in [2.05, 4.69) is 88.0 Å². The number of aromatic nitrogens is 2. The Morgan fingerprint density at radius 3 is 2.70 bits per heavy atom. The van der Waals surface area contributed by atoms with Crippen molar-refractivity contribution >= 4 is 34.6 Å². The molecule has 2 fully saturated rings. The number of carbonyl (C=O) groups excluding carboxylic acids is 1. The van der Waals surface area contributed by atoms with Crippen molar-refractivity contribution in [2.75, 3.05) is 31.6 Å². The van der Waals surface area contributed by atoms with Gasteiger partial charge in [-0.15, -0.1) is 0 Å². The molecule has 186 valence electrons. The van der Waals surface area contributed by atoms with Crippen LogP contribution < -0.4 is 5.32 Å². The first kappa shape index (κ1) is 22.5. The van der Waals surface area contributed by atoms with Crippen molar-refractivity contribution < 1.29 is 9.53 Å². The van der Waals surface area contributed by atoms with E-state index in [0.29, 0.717) is 6.04 Å². The summed E-state index contributed by atoms with van der Waals surface area (Å²) in [5, 5.41) is 11.9. The number of fused-ring (bicyclic) bond motifs is 3. The monoisotopic (exact) mass is 490 g/mol. The van der Waals surface area contributed by atoms with Crippen LogP contribution in [0.1, 0.15) is 53.3 Å². The zero-order chi connectivity index (χ0) is 25.0. The average Bonchev–Trinajstić information content (AvgIpc) is 3.48. The lowest BCUT2D eigenvalue weighted by atomic mass is 9.92. The van der Waals surface area contributed by atoms with Crippen LogP contribution in [0.5, 0.6) is 0 Å². The zero-order valence-electron chi connectivity index (χ0n) is 20.9. The van der Waals surface area contributed by atoms with Crippen LogP contribution in [0.25, 0.3) is 23.1 Å². The number of anilines is 1. The maximum absolute atomic E-state index is 12.9. The number of carbonyl (C=O) groups is 1. The number of ether oxygens (including phenoxy) is 1. The van der Waals surface area contributed by atoms with E-state index in [0.717, 1.165) is 66.1 Å². The van der Waals surface area contributed by atoms with Gasteiger partial charge in [-0.1, -0.05) is 60.7 Å². The molecule has 37 heavy (non-hydrogen) atoms. The van der Waals surface area contributed by atoms with Gasteiger partial charge in [0, 0.05) is 36.1 Å². The third kappa shape index (κ3) is 3.71. The Balaban J connectivity index is 1.08. The van der Waals surface area contributed by atoms with Gasteiger partial charge in [0.1, 0.15) is 0 Å². The van der Waals surface area contributed by atoms with Crippen LogP contribution in [0.4, 0.5) is 5.69 Å². The molecule has 3 aromatic carbocycles. The fourth-order valence-corrected chi connectivity index (χ4v) is 6.19. The molecule has 2 N–H and O–H groups in total. The molecular formula is C31H30N4O2. The number of hydrogen-bond acceptors (Lipinski definition) is 4. The van der Waals surface area contributed by atoms with Crippen molar-refractivity contribution in [1.29, 1.82) is 0 Å². The number of rotatable bonds is 5. The van der Waals surface area contributed by atoms with Gasteiger partial charge in [0.25, 0.3) is 0 Å². The van der Waals surface area contributed by atoms with Gasteiger partial charge in [0.2, 0.25) is 5.91 Å². The highest BCUT2D eigenvalue weighted by molar-refractivity contribution is 6.09. The lowest BCUT2D eigenvalue weighted by molar-refractivity contribution is -0.118. The summed E-state index contributed by atoms with van der Waals surface area (Å²) in [5.74, 6) is 0.318. The van der Waals surface area contributed by atoms with E-state index in [1.54, 1.807) is 0 Å². The van der Waals surface area contributed by atoms with Gasteiger partial charge in [-0.05, 0) is 53.8 Å². The topological polar surface area (TPSA) is 70.2 Å². The molecule has 4 aromatic rings. The number of nitrogens with one attached hydrogen (secondary N) is 2. The fourth-order valence-electron chi connectivity index (χ4n) is 6.19. The van der Waals surface area contributed by atoms with Crippen LogP contribution in [-0.2, 0) is 14.9 Å². The first-order valence-electron chi connectivity index (χ1n) is 13.1. The lowest BCUT2D eigenvalue weighted by Gasteiger charge is -2.32. The minimum absolute atomic E-state index is 0.123. The normalized spacial score (nSPS) is 24.0. The van der Waals surface area contributed by atoms with Gasteiger partial charge in [0.05, 0.1) is 29.8 Å². The van der Waals surface area contributed by atoms with Gasteiger partial charge in [0.15, 0.2) is 0 Å². The van der Waals surface area contributed by atoms with Crippen molar-refractivity contribution in [3.63, 3.8) is 0 Å². The summed E-state index contributed by atoms with van der Waals surface area (Å²) in [7, 11) is 0. The molecule has 1 aromatic heterocycles. The van der Waals surface area contributed by atoms with E-state index < -0.39 is 5.41 Å². The Morgan fingerprint density at radius 2 is 1.86 bits per heavy atom. The second kappa shape index (κ2) is 8.68. The van der Waals surface area contributed by atoms with Crippen molar-refractivity contribution in [2.45, 2.75) is 30.7 Å². The van der Waals surface area contributed by atoms with Crippen molar-refractivity contribution in [3.05, 3.63) is 94.7 Å². The van der Waals surface area contributed by atoms with Crippen molar-refractivity contribution in [3.8, 4) is 0 Å². The number of benzene rings is 3. The molecule has 3 aliphatic rings. The second-order valence-electron chi connectivity index (χ2n) is 10.5. The first-order valence-corrected chi connectivity index (χ1v) is 13.1. The molecule has 3 atom stereocenters. The lowest BCUT2D eigenvalue weighted by Crippen LogP contribution is -2.37. The van der Waals surface area contributed by atoms with Crippen LogP contribution >= 0.6 is 0 Å². The third-order valence-corrected chi connectivity index (χ3v) is 8.49. The van der Waals surface area contributed by atoms with Crippen molar-refractivity contribution in [1.82, 2.24) is 15.1 Å². The van der Waals surface area contributed by atoms with Gasteiger partial charge in [-0.3, -0.25) is 14.8 Å². The summed E-state index contributed by atoms with van der Waals surface area (Å²) in [5.41, 5.74) is 7.24. The summed E-state index contributed by atoms with van der Waals surface area (Å²) in [6, 6.07) is 23.7. The third-order valence-electron chi connectivity index (χ3n) is 8.49. The van der Waals surface area contributed by atoms with Crippen LogP contribution in [0, 0.1) is 0 Å². The highest BCUT2D eigenvalue weighted by Crippen LogP contribution is 2.64. The summed E-state index contributed by atoms with van der Waals surface area (Å²) in [6.45, 7) is 5.86. The molecule has 1 amide bonds. The van der Waals surface area contributed by atoms with E-state index in [1.165, 1.54) is 11.1 Å². The molecule has 1 aliphatic carbocycles. The molecule has 3 unspecified atom stereocenters. The van der Waals surface area contributed by atoms with E-state index in [4.69, 9.17) is 4.74 Å².